The van der Waals surface area contributed by atoms with E-state index in [0.717, 1.165) is 5.56 Å². The Labute approximate surface area is 181 Å². The zero-order valence-electron chi connectivity index (χ0n) is 17.9. The first kappa shape index (κ1) is 23.3. The summed E-state index contributed by atoms with van der Waals surface area (Å²) in [6.45, 7) is 9.91. The number of phenolic OH excluding ortho intramolecular Hbond substituents is 1. The lowest BCUT2D eigenvalue weighted by atomic mass is 10.0. The summed E-state index contributed by atoms with van der Waals surface area (Å²) in [6, 6.07) is 8.06. The minimum atomic E-state index is -0.555. The Morgan fingerprint density at radius 1 is 0.903 bits per heavy atom. The van der Waals surface area contributed by atoms with E-state index in [4.69, 9.17) is 9.47 Å². The van der Waals surface area contributed by atoms with Crippen molar-refractivity contribution in [2.45, 2.75) is 27.7 Å². The molecule has 0 amide bonds. The van der Waals surface area contributed by atoms with E-state index >= 15 is 0 Å². The van der Waals surface area contributed by atoms with Crippen molar-refractivity contribution < 1.29 is 29.0 Å². The van der Waals surface area contributed by atoms with E-state index in [1.807, 2.05) is 13.0 Å². The van der Waals surface area contributed by atoms with Gasteiger partial charge in [-0.25, -0.2) is 0 Å². The van der Waals surface area contributed by atoms with Gasteiger partial charge < -0.3 is 14.6 Å². The summed E-state index contributed by atoms with van der Waals surface area (Å²) in [5, 5.41) is 10.7. The smallest absolute Gasteiger partial charge is 0.308 e. The van der Waals surface area contributed by atoms with E-state index in [1.165, 1.54) is 44.2 Å². The minimum absolute atomic E-state index is 0.0228. The number of esters is 2. The maximum atomic E-state index is 12.8. The number of hydrogen-bond donors (Lipinski definition) is 1. The lowest BCUT2D eigenvalue weighted by Gasteiger charge is -2.11. The molecule has 1 N–H and O–H groups in total. The zero-order chi connectivity index (χ0) is 23.1. The lowest BCUT2D eigenvalue weighted by Crippen LogP contribution is -2.05. The van der Waals surface area contributed by atoms with Crippen LogP contribution in [0.15, 0.2) is 54.6 Å². The molecule has 6 heteroatoms. The largest absolute Gasteiger partial charge is 0.506 e. The average Bonchev–Trinajstić information content (AvgIpc) is 2.65. The fourth-order valence-corrected chi connectivity index (χ4v) is 2.70. The highest BCUT2D eigenvalue weighted by Crippen LogP contribution is 2.34. The van der Waals surface area contributed by atoms with Gasteiger partial charge in [-0.1, -0.05) is 30.4 Å². The monoisotopic (exact) mass is 420 g/mol. The van der Waals surface area contributed by atoms with Gasteiger partial charge in [0.2, 0.25) is 0 Å². The second-order valence-corrected chi connectivity index (χ2v) is 6.98. The number of phenols is 1. The Morgan fingerprint density at radius 3 is 2.16 bits per heavy atom. The number of benzene rings is 2. The van der Waals surface area contributed by atoms with Crippen molar-refractivity contribution in [3.8, 4) is 17.2 Å². The zero-order valence-corrected chi connectivity index (χ0v) is 17.9. The second-order valence-electron chi connectivity index (χ2n) is 6.98. The SMILES string of the molecule is C=C(C)/C=C/c1c(OC(C)=O)ccc(C(=O)/C=C/c2ccc(C)cc2OC(C)=O)c1O. The molecule has 0 atom stereocenters. The van der Waals surface area contributed by atoms with Crippen molar-refractivity contribution in [1.82, 2.24) is 0 Å². The van der Waals surface area contributed by atoms with Crippen LogP contribution < -0.4 is 9.47 Å². The van der Waals surface area contributed by atoms with Crippen LogP contribution in [-0.2, 0) is 9.59 Å². The van der Waals surface area contributed by atoms with Crippen LogP contribution in [0, 0.1) is 6.92 Å². The molecular weight excluding hydrogens is 396 g/mol. The molecule has 0 spiro atoms. The van der Waals surface area contributed by atoms with E-state index in [0.29, 0.717) is 16.9 Å². The number of ether oxygens (including phenoxy) is 2. The summed E-state index contributed by atoms with van der Waals surface area (Å²) >= 11 is 0. The molecule has 0 aliphatic rings. The molecule has 0 radical (unpaired) electrons. The molecule has 0 fully saturated rings. The van der Waals surface area contributed by atoms with Gasteiger partial charge >= 0.3 is 11.9 Å². The van der Waals surface area contributed by atoms with E-state index in [-0.39, 0.29) is 22.6 Å². The molecular formula is C25H24O6. The highest BCUT2D eigenvalue weighted by molar-refractivity contribution is 6.09. The number of rotatable bonds is 7. The summed E-state index contributed by atoms with van der Waals surface area (Å²) in [6.07, 6.45) is 5.92. The van der Waals surface area contributed by atoms with E-state index in [1.54, 1.807) is 25.1 Å². The van der Waals surface area contributed by atoms with Gasteiger partial charge in [0.1, 0.15) is 17.2 Å². The maximum absolute atomic E-state index is 12.8. The van der Waals surface area contributed by atoms with Crippen LogP contribution in [0.3, 0.4) is 0 Å². The van der Waals surface area contributed by atoms with E-state index in [2.05, 4.69) is 6.58 Å². The van der Waals surface area contributed by atoms with Gasteiger partial charge in [-0.15, -0.1) is 0 Å². The number of ketones is 1. The van der Waals surface area contributed by atoms with E-state index in [9.17, 15) is 19.5 Å². The van der Waals surface area contributed by atoms with Crippen molar-refractivity contribution >= 4 is 29.9 Å². The summed E-state index contributed by atoms with van der Waals surface area (Å²) in [5.41, 5.74) is 2.35. The van der Waals surface area contributed by atoms with Crippen LogP contribution in [0.2, 0.25) is 0 Å². The number of carbonyl (C=O) groups is 3. The fourth-order valence-electron chi connectivity index (χ4n) is 2.70. The molecule has 0 heterocycles. The van der Waals surface area contributed by atoms with Crippen molar-refractivity contribution in [1.29, 1.82) is 0 Å². The molecule has 0 unspecified atom stereocenters. The summed E-state index contributed by atoms with van der Waals surface area (Å²) < 4.78 is 10.3. The predicted octanol–water partition coefficient (Wildman–Crippen LogP) is 5.04. The van der Waals surface area contributed by atoms with Gasteiger partial charge in [-0.05, 0) is 55.8 Å². The first-order valence-corrected chi connectivity index (χ1v) is 9.48. The van der Waals surface area contributed by atoms with Crippen LogP contribution in [0.1, 0.15) is 47.8 Å². The second kappa shape index (κ2) is 10.2. The topological polar surface area (TPSA) is 89.9 Å². The first-order valence-electron chi connectivity index (χ1n) is 9.48. The molecule has 6 nitrogen and oxygen atoms in total. The van der Waals surface area contributed by atoms with Crippen LogP contribution in [-0.4, -0.2) is 22.8 Å². The predicted molar refractivity (Wildman–Crippen MR) is 119 cm³/mol. The molecule has 2 aromatic carbocycles. The van der Waals surface area contributed by atoms with E-state index < -0.39 is 17.7 Å². The quantitative estimate of drug-likeness (QED) is 0.222. The third-order valence-electron chi connectivity index (χ3n) is 4.07. The van der Waals surface area contributed by atoms with Crippen molar-refractivity contribution in [2.24, 2.45) is 0 Å². The molecule has 0 bridgehead atoms. The summed E-state index contributed by atoms with van der Waals surface area (Å²) in [4.78, 5) is 35.5. The molecule has 0 saturated carbocycles. The number of allylic oxidation sites excluding steroid dienone is 3. The number of carbonyl (C=O) groups excluding carboxylic acids is 3. The van der Waals surface area contributed by atoms with Crippen LogP contribution in [0.5, 0.6) is 17.2 Å². The van der Waals surface area contributed by atoms with Crippen molar-refractivity contribution in [3.05, 3.63) is 76.9 Å². The molecule has 2 rings (SSSR count). The molecule has 2 aromatic rings. The third-order valence-corrected chi connectivity index (χ3v) is 4.07. The third kappa shape index (κ3) is 6.54. The van der Waals surface area contributed by atoms with Crippen LogP contribution in [0.4, 0.5) is 0 Å². The standard InChI is InChI=1S/C25H24O6/c1-15(2)6-10-21-23(30-17(4)26)13-11-20(25(21)29)22(28)12-9-19-8-7-16(3)14-24(19)31-18(5)27/h6-14,29H,1H2,2-5H3/b10-6+,12-9+. The Balaban J connectivity index is 2.44. The molecule has 0 aliphatic heterocycles. The minimum Gasteiger partial charge on any atom is -0.506 e. The summed E-state index contributed by atoms with van der Waals surface area (Å²) in [7, 11) is 0. The summed E-state index contributed by atoms with van der Waals surface area (Å²) in [5.74, 6) is -1.38. The Morgan fingerprint density at radius 2 is 1.55 bits per heavy atom. The van der Waals surface area contributed by atoms with Gasteiger partial charge in [0, 0.05) is 19.4 Å². The van der Waals surface area contributed by atoms with Gasteiger partial charge in [0.25, 0.3) is 0 Å². The number of aromatic hydroxyl groups is 1. The van der Waals surface area contributed by atoms with Crippen LogP contribution >= 0.6 is 0 Å². The molecule has 0 aromatic heterocycles. The van der Waals surface area contributed by atoms with Gasteiger partial charge in [0.05, 0.1) is 11.1 Å². The number of hydrogen-bond acceptors (Lipinski definition) is 6. The Kier molecular flexibility index (Phi) is 7.69. The fraction of sp³-hybridized carbons (Fsp3) is 0.160. The molecule has 160 valence electrons. The number of aryl methyl sites for hydroxylation is 1. The van der Waals surface area contributed by atoms with Gasteiger partial charge in [-0.2, -0.15) is 0 Å². The highest BCUT2D eigenvalue weighted by atomic mass is 16.5. The molecule has 0 saturated heterocycles. The van der Waals surface area contributed by atoms with Crippen molar-refractivity contribution in [2.75, 3.05) is 0 Å². The van der Waals surface area contributed by atoms with Gasteiger partial charge in [0.15, 0.2) is 5.78 Å². The highest BCUT2D eigenvalue weighted by Gasteiger charge is 2.17. The Bertz CT molecular complexity index is 1110. The first-order chi connectivity index (χ1) is 14.6. The maximum Gasteiger partial charge on any atom is 0.308 e. The van der Waals surface area contributed by atoms with Crippen LogP contribution in [0.25, 0.3) is 12.2 Å². The average molecular weight is 420 g/mol. The molecule has 31 heavy (non-hydrogen) atoms. The normalized spacial score (nSPS) is 11.0. The Hall–Kier alpha value is -3.93. The molecule has 0 aliphatic carbocycles. The lowest BCUT2D eigenvalue weighted by molar-refractivity contribution is -0.132. The van der Waals surface area contributed by atoms with Crippen molar-refractivity contribution in [3.63, 3.8) is 0 Å². The van der Waals surface area contributed by atoms with Gasteiger partial charge in [-0.3, -0.25) is 14.4 Å².